The van der Waals surface area contributed by atoms with Crippen molar-refractivity contribution in [1.29, 1.82) is 0 Å². The topological polar surface area (TPSA) is 102 Å². The molecule has 0 spiro atoms. The SMILES string of the molecule is Cc1nc(-c2ccsc2)sc1C(=O)Nc1ccc(S(N)(=O)=O)cc1. The average molecular weight is 379 g/mol. The number of nitrogens with zero attached hydrogens (tertiary/aromatic N) is 1. The fourth-order valence-corrected chi connectivity index (χ4v) is 4.22. The molecule has 124 valence electrons. The molecule has 2 heterocycles. The molecule has 0 unspecified atom stereocenters. The van der Waals surface area contributed by atoms with Crippen molar-refractivity contribution >= 4 is 44.3 Å². The number of rotatable bonds is 4. The Morgan fingerprint density at radius 2 is 1.92 bits per heavy atom. The van der Waals surface area contributed by atoms with Gasteiger partial charge in [-0.3, -0.25) is 4.79 Å². The van der Waals surface area contributed by atoms with Gasteiger partial charge in [0.25, 0.3) is 5.91 Å². The van der Waals surface area contributed by atoms with Crippen molar-refractivity contribution in [2.75, 3.05) is 5.32 Å². The Balaban J connectivity index is 1.80. The molecule has 0 atom stereocenters. The van der Waals surface area contributed by atoms with Gasteiger partial charge in [-0.15, -0.1) is 11.3 Å². The summed E-state index contributed by atoms with van der Waals surface area (Å²) in [6.07, 6.45) is 0. The maximum atomic E-state index is 12.4. The molecular weight excluding hydrogens is 366 g/mol. The third-order valence-electron chi connectivity index (χ3n) is 3.21. The Bertz CT molecular complexity index is 975. The van der Waals surface area contributed by atoms with E-state index in [1.54, 1.807) is 18.3 Å². The van der Waals surface area contributed by atoms with E-state index in [1.165, 1.54) is 35.6 Å². The summed E-state index contributed by atoms with van der Waals surface area (Å²) in [5.41, 5.74) is 2.13. The molecule has 1 amide bonds. The summed E-state index contributed by atoms with van der Waals surface area (Å²) in [6, 6.07) is 7.64. The first kappa shape index (κ1) is 16.8. The Morgan fingerprint density at radius 1 is 1.21 bits per heavy atom. The molecule has 1 aromatic carbocycles. The molecule has 0 radical (unpaired) electrons. The van der Waals surface area contributed by atoms with Crippen molar-refractivity contribution in [1.82, 2.24) is 4.98 Å². The number of thiazole rings is 1. The van der Waals surface area contributed by atoms with Crippen LogP contribution in [0.15, 0.2) is 46.0 Å². The quantitative estimate of drug-likeness (QED) is 0.727. The molecule has 6 nitrogen and oxygen atoms in total. The number of sulfonamides is 1. The van der Waals surface area contributed by atoms with E-state index in [1.807, 2.05) is 16.8 Å². The number of nitrogens with two attached hydrogens (primary N) is 1. The highest BCUT2D eigenvalue weighted by atomic mass is 32.2. The van der Waals surface area contributed by atoms with Crippen LogP contribution in [0.5, 0.6) is 0 Å². The van der Waals surface area contributed by atoms with Gasteiger partial charge in [0, 0.05) is 16.6 Å². The normalized spacial score (nSPS) is 11.4. The number of carbonyl (C=O) groups is 1. The highest BCUT2D eigenvalue weighted by Crippen LogP contribution is 2.29. The average Bonchev–Trinajstić information content (AvgIpc) is 3.16. The number of hydrogen-bond acceptors (Lipinski definition) is 6. The fraction of sp³-hybridized carbons (Fsp3) is 0.0667. The minimum absolute atomic E-state index is 0.00536. The molecule has 2 aromatic heterocycles. The first-order chi connectivity index (χ1) is 11.3. The van der Waals surface area contributed by atoms with Gasteiger partial charge in [0.2, 0.25) is 10.0 Å². The molecule has 3 rings (SSSR count). The zero-order chi connectivity index (χ0) is 17.3. The second-order valence-corrected chi connectivity index (χ2v) is 8.31. The maximum absolute atomic E-state index is 12.4. The minimum Gasteiger partial charge on any atom is -0.321 e. The van der Waals surface area contributed by atoms with E-state index in [-0.39, 0.29) is 10.8 Å². The minimum atomic E-state index is -3.75. The van der Waals surface area contributed by atoms with Crippen LogP contribution in [0.4, 0.5) is 5.69 Å². The molecule has 0 aliphatic heterocycles. The fourth-order valence-electron chi connectivity index (χ4n) is 2.03. The number of amides is 1. The van der Waals surface area contributed by atoms with E-state index in [2.05, 4.69) is 10.3 Å². The monoisotopic (exact) mass is 379 g/mol. The number of aromatic nitrogens is 1. The zero-order valence-corrected chi connectivity index (χ0v) is 15.0. The Hall–Kier alpha value is -2.07. The van der Waals surface area contributed by atoms with Crippen LogP contribution in [0, 0.1) is 6.92 Å². The third kappa shape index (κ3) is 3.54. The lowest BCUT2D eigenvalue weighted by Gasteiger charge is -2.05. The largest absolute Gasteiger partial charge is 0.321 e. The van der Waals surface area contributed by atoms with Gasteiger partial charge in [-0.25, -0.2) is 18.5 Å². The van der Waals surface area contributed by atoms with Crippen molar-refractivity contribution in [2.24, 2.45) is 5.14 Å². The lowest BCUT2D eigenvalue weighted by Crippen LogP contribution is -2.13. The molecule has 3 aromatic rings. The molecule has 0 aliphatic carbocycles. The van der Waals surface area contributed by atoms with Gasteiger partial charge in [0.1, 0.15) is 9.88 Å². The number of aryl methyl sites for hydroxylation is 1. The Morgan fingerprint density at radius 3 is 2.50 bits per heavy atom. The lowest BCUT2D eigenvalue weighted by molar-refractivity contribution is 0.103. The Kier molecular flexibility index (Phi) is 4.50. The number of benzene rings is 1. The van der Waals surface area contributed by atoms with Gasteiger partial charge >= 0.3 is 0 Å². The summed E-state index contributed by atoms with van der Waals surface area (Å²) in [7, 11) is -3.75. The highest BCUT2D eigenvalue weighted by Gasteiger charge is 2.17. The van der Waals surface area contributed by atoms with Gasteiger partial charge in [-0.2, -0.15) is 11.3 Å². The van der Waals surface area contributed by atoms with Crippen LogP contribution < -0.4 is 10.5 Å². The van der Waals surface area contributed by atoms with Crippen molar-refractivity contribution in [3.05, 3.63) is 51.7 Å². The van der Waals surface area contributed by atoms with E-state index in [0.29, 0.717) is 16.3 Å². The van der Waals surface area contributed by atoms with Gasteiger partial charge in [-0.05, 0) is 42.6 Å². The standard InChI is InChI=1S/C15H13N3O3S3/c1-9-13(23-15(17-9)10-6-7-22-8-10)14(19)18-11-2-4-12(5-3-11)24(16,20)21/h2-8H,1H3,(H,18,19)(H2,16,20,21). The predicted molar refractivity (Wildman–Crippen MR) is 95.9 cm³/mol. The summed E-state index contributed by atoms with van der Waals surface area (Å²) in [4.78, 5) is 17.4. The van der Waals surface area contributed by atoms with Crippen LogP contribution >= 0.6 is 22.7 Å². The van der Waals surface area contributed by atoms with Crippen LogP contribution in [0.25, 0.3) is 10.6 Å². The van der Waals surface area contributed by atoms with Crippen molar-refractivity contribution in [2.45, 2.75) is 11.8 Å². The summed E-state index contributed by atoms with van der Waals surface area (Å²) >= 11 is 2.89. The molecule has 0 saturated carbocycles. The van der Waals surface area contributed by atoms with Crippen LogP contribution in [-0.4, -0.2) is 19.3 Å². The molecule has 0 bridgehead atoms. The molecule has 3 N–H and O–H groups in total. The summed E-state index contributed by atoms with van der Waals surface area (Å²) in [5, 5.41) is 12.5. The van der Waals surface area contributed by atoms with E-state index in [4.69, 9.17) is 5.14 Å². The molecular formula is C15H13N3O3S3. The third-order valence-corrected chi connectivity index (χ3v) is 6.03. The first-order valence-electron chi connectivity index (χ1n) is 6.79. The van der Waals surface area contributed by atoms with Gasteiger partial charge < -0.3 is 5.32 Å². The Labute approximate surface area is 147 Å². The van der Waals surface area contributed by atoms with Gasteiger partial charge in [0.15, 0.2) is 0 Å². The van der Waals surface area contributed by atoms with E-state index >= 15 is 0 Å². The second kappa shape index (κ2) is 6.44. The molecule has 24 heavy (non-hydrogen) atoms. The van der Waals surface area contributed by atoms with Crippen molar-refractivity contribution in [3.8, 4) is 10.6 Å². The summed E-state index contributed by atoms with van der Waals surface area (Å²) < 4.78 is 22.5. The maximum Gasteiger partial charge on any atom is 0.267 e. The van der Waals surface area contributed by atoms with Crippen molar-refractivity contribution < 1.29 is 13.2 Å². The van der Waals surface area contributed by atoms with E-state index in [0.717, 1.165) is 10.6 Å². The van der Waals surface area contributed by atoms with Gasteiger partial charge in [0.05, 0.1) is 10.6 Å². The highest BCUT2D eigenvalue weighted by molar-refractivity contribution is 7.89. The van der Waals surface area contributed by atoms with E-state index < -0.39 is 10.0 Å². The molecule has 0 aliphatic rings. The smallest absolute Gasteiger partial charge is 0.267 e. The van der Waals surface area contributed by atoms with Crippen LogP contribution in [-0.2, 0) is 10.0 Å². The number of primary sulfonamides is 1. The molecule has 0 saturated heterocycles. The number of anilines is 1. The molecule has 9 heteroatoms. The number of hydrogen-bond donors (Lipinski definition) is 2. The van der Waals surface area contributed by atoms with Gasteiger partial charge in [-0.1, -0.05) is 0 Å². The van der Waals surface area contributed by atoms with Crippen LogP contribution in [0.2, 0.25) is 0 Å². The number of nitrogens with one attached hydrogen (secondary N) is 1. The van der Waals surface area contributed by atoms with Crippen molar-refractivity contribution in [3.63, 3.8) is 0 Å². The summed E-state index contributed by atoms with van der Waals surface area (Å²) in [5.74, 6) is -0.283. The predicted octanol–water partition coefficient (Wildman–Crippen LogP) is 3.08. The van der Waals surface area contributed by atoms with Crippen LogP contribution in [0.1, 0.15) is 15.4 Å². The number of carbonyl (C=O) groups excluding carboxylic acids is 1. The zero-order valence-electron chi connectivity index (χ0n) is 12.5. The van der Waals surface area contributed by atoms with E-state index in [9.17, 15) is 13.2 Å². The lowest BCUT2D eigenvalue weighted by atomic mass is 10.3. The first-order valence-corrected chi connectivity index (χ1v) is 10.1. The molecule has 0 fully saturated rings. The summed E-state index contributed by atoms with van der Waals surface area (Å²) in [6.45, 7) is 1.78. The second-order valence-electron chi connectivity index (χ2n) is 4.97. The number of thiophene rings is 1. The van der Waals surface area contributed by atoms with Crippen LogP contribution in [0.3, 0.4) is 0 Å².